The van der Waals surface area contributed by atoms with Gasteiger partial charge in [-0.1, -0.05) is 13.3 Å². The van der Waals surface area contributed by atoms with Gasteiger partial charge in [0.25, 0.3) is 11.6 Å². The molecule has 1 aliphatic rings. The van der Waals surface area contributed by atoms with Crippen LogP contribution in [0.4, 0.5) is 11.5 Å². The minimum atomic E-state index is -0.718. The molecule has 1 fully saturated rings. The van der Waals surface area contributed by atoms with Crippen LogP contribution >= 0.6 is 0 Å². The lowest BCUT2D eigenvalue weighted by Crippen LogP contribution is -2.20. The van der Waals surface area contributed by atoms with Crippen molar-refractivity contribution in [3.05, 3.63) is 27.9 Å². The number of primary amides is 1. The number of rotatable bonds is 7. The Morgan fingerprint density at radius 3 is 2.80 bits per heavy atom. The van der Waals surface area contributed by atoms with Crippen LogP contribution in [0, 0.1) is 15.5 Å². The van der Waals surface area contributed by atoms with Crippen molar-refractivity contribution in [2.24, 2.45) is 11.1 Å². The molecule has 108 valence electrons. The summed E-state index contributed by atoms with van der Waals surface area (Å²) >= 11 is 0. The first-order valence-electron chi connectivity index (χ1n) is 6.65. The smallest absolute Gasteiger partial charge is 0.288 e. The molecule has 1 saturated carbocycles. The molecule has 0 bridgehead atoms. The molecular weight excluding hydrogens is 260 g/mol. The standard InChI is InChI=1S/C13H18N4O3/c1-2-3-13(4-5-13)8-16-12-10(11(14)18)6-9(7-15-12)17(19)20/h6-7H,2-5,8H2,1H3,(H2,14,18)(H,15,16). The van der Waals surface area contributed by atoms with Crippen molar-refractivity contribution in [1.82, 2.24) is 4.98 Å². The van der Waals surface area contributed by atoms with Gasteiger partial charge in [0.15, 0.2) is 0 Å². The van der Waals surface area contributed by atoms with Gasteiger partial charge in [0.2, 0.25) is 0 Å². The highest BCUT2D eigenvalue weighted by atomic mass is 16.6. The maximum atomic E-state index is 11.4. The second-order valence-electron chi connectivity index (χ2n) is 5.31. The number of aromatic nitrogens is 1. The number of anilines is 1. The van der Waals surface area contributed by atoms with Crippen molar-refractivity contribution >= 4 is 17.4 Å². The summed E-state index contributed by atoms with van der Waals surface area (Å²) in [6.45, 7) is 2.85. The van der Waals surface area contributed by atoms with Crippen LogP contribution in [0.25, 0.3) is 0 Å². The van der Waals surface area contributed by atoms with E-state index >= 15 is 0 Å². The minimum Gasteiger partial charge on any atom is -0.369 e. The summed E-state index contributed by atoms with van der Waals surface area (Å²) in [6.07, 6.45) is 5.69. The summed E-state index contributed by atoms with van der Waals surface area (Å²) in [5.74, 6) is -0.394. The first-order chi connectivity index (χ1) is 9.47. The Kier molecular flexibility index (Phi) is 3.87. The van der Waals surface area contributed by atoms with Crippen molar-refractivity contribution in [3.63, 3.8) is 0 Å². The SMILES string of the molecule is CCCC1(CNc2ncc([N+](=O)[O-])cc2C(N)=O)CC1. The summed E-state index contributed by atoms with van der Waals surface area (Å²) in [4.78, 5) is 25.4. The molecule has 3 N–H and O–H groups in total. The third-order valence-corrected chi connectivity index (χ3v) is 3.72. The number of hydrogen-bond donors (Lipinski definition) is 2. The van der Waals surface area contributed by atoms with E-state index in [1.807, 2.05) is 0 Å². The van der Waals surface area contributed by atoms with Crippen LogP contribution in [0.2, 0.25) is 0 Å². The fourth-order valence-corrected chi connectivity index (χ4v) is 2.38. The molecule has 0 unspecified atom stereocenters. The van der Waals surface area contributed by atoms with Gasteiger partial charge in [-0.25, -0.2) is 4.98 Å². The van der Waals surface area contributed by atoms with Gasteiger partial charge in [0, 0.05) is 12.6 Å². The number of hydrogen-bond acceptors (Lipinski definition) is 5. The molecule has 7 heteroatoms. The Morgan fingerprint density at radius 1 is 1.60 bits per heavy atom. The maximum absolute atomic E-state index is 11.4. The Balaban J connectivity index is 2.15. The van der Waals surface area contributed by atoms with Crippen LogP contribution in [-0.2, 0) is 0 Å². The van der Waals surface area contributed by atoms with Crippen LogP contribution in [0.5, 0.6) is 0 Å². The van der Waals surface area contributed by atoms with E-state index in [9.17, 15) is 14.9 Å². The lowest BCUT2D eigenvalue weighted by atomic mass is 10.0. The molecule has 2 rings (SSSR count). The first kappa shape index (κ1) is 14.2. The lowest BCUT2D eigenvalue weighted by Gasteiger charge is -2.16. The van der Waals surface area contributed by atoms with E-state index in [0.29, 0.717) is 12.4 Å². The third-order valence-electron chi connectivity index (χ3n) is 3.72. The van der Waals surface area contributed by atoms with Gasteiger partial charge in [-0.3, -0.25) is 14.9 Å². The fourth-order valence-electron chi connectivity index (χ4n) is 2.38. The molecule has 1 aromatic heterocycles. The number of amides is 1. The topological polar surface area (TPSA) is 111 Å². The van der Waals surface area contributed by atoms with Gasteiger partial charge in [0.1, 0.15) is 12.0 Å². The fraction of sp³-hybridized carbons (Fsp3) is 0.538. The third kappa shape index (κ3) is 3.04. The van der Waals surface area contributed by atoms with Crippen LogP contribution < -0.4 is 11.1 Å². The number of carbonyl (C=O) groups excluding carboxylic acids is 1. The van der Waals surface area contributed by atoms with E-state index in [0.717, 1.165) is 37.9 Å². The normalized spacial score (nSPS) is 15.7. The number of nitrogens with one attached hydrogen (secondary N) is 1. The van der Waals surface area contributed by atoms with Gasteiger partial charge >= 0.3 is 0 Å². The number of carbonyl (C=O) groups is 1. The zero-order chi connectivity index (χ0) is 14.8. The lowest BCUT2D eigenvalue weighted by molar-refractivity contribution is -0.385. The maximum Gasteiger partial charge on any atom is 0.288 e. The molecule has 0 aromatic carbocycles. The quantitative estimate of drug-likeness (QED) is 0.586. The summed E-state index contributed by atoms with van der Waals surface area (Å²) in [7, 11) is 0. The predicted molar refractivity (Wildman–Crippen MR) is 74.5 cm³/mol. The van der Waals surface area contributed by atoms with E-state index in [-0.39, 0.29) is 16.7 Å². The molecule has 1 aliphatic carbocycles. The van der Waals surface area contributed by atoms with Crippen molar-refractivity contribution in [2.45, 2.75) is 32.6 Å². The molecule has 20 heavy (non-hydrogen) atoms. The molecule has 7 nitrogen and oxygen atoms in total. The van der Waals surface area contributed by atoms with Gasteiger partial charge in [-0.2, -0.15) is 0 Å². The highest BCUT2D eigenvalue weighted by molar-refractivity contribution is 5.98. The van der Waals surface area contributed by atoms with Gasteiger partial charge in [-0.15, -0.1) is 0 Å². The number of nitrogens with zero attached hydrogens (tertiary/aromatic N) is 2. The molecule has 0 atom stereocenters. The average Bonchev–Trinajstić information content (AvgIpc) is 3.16. The highest BCUT2D eigenvalue weighted by Crippen LogP contribution is 2.49. The van der Waals surface area contributed by atoms with Crippen LogP contribution in [0.1, 0.15) is 43.0 Å². The van der Waals surface area contributed by atoms with Crippen molar-refractivity contribution in [1.29, 1.82) is 0 Å². The largest absolute Gasteiger partial charge is 0.369 e. The Bertz CT molecular complexity index is 540. The van der Waals surface area contributed by atoms with Crippen molar-refractivity contribution < 1.29 is 9.72 Å². The Morgan fingerprint density at radius 2 is 2.30 bits per heavy atom. The summed E-state index contributed by atoms with van der Waals surface area (Å²) in [5, 5.41) is 13.8. The van der Waals surface area contributed by atoms with Crippen molar-refractivity contribution in [3.8, 4) is 0 Å². The van der Waals surface area contributed by atoms with Gasteiger partial charge in [-0.05, 0) is 24.7 Å². The van der Waals surface area contributed by atoms with E-state index in [2.05, 4.69) is 17.2 Å². The summed E-state index contributed by atoms with van der Waals surface area (Å²) < 4.78 is 0. The van der Waals surface area contributed by atoms with Crippen LogP contribution in [0.15, 0.2) is 12.3 Å². The van der Waals surface area contributed by atoms with Gasteiger partial charge < -0.3 is 11.1 Å². The van der Waals surface area contributed by atoms with Crippen molar-refractivity contribution in [2.75, 3.05) is 11.9 Å². The Hall–Kier alpha value is -2.18. The molecule has 1 amide bonds. The molecule has 0 aliphatic heterocycles. The highest BCUT2D eigenvalue weighted by Gasteiger charge is 2.41. The molecule has 1 heterocycles. The van der Waals surface area contributed by atoms with E-state index in [4.69, 9.17) is 5.73 Å². The van der Waals surface area contributed by atoms with E-state index < -0.39 is 10.8 Å². The number of nitrogens with two attached hydrogens (primary N) is 1. The predicted octanol–water partition coefficient (Wildman–Crippen LogP) is 2.08. The molecule has 1 aromatic rings. The summed E-state index contributed by atoms with van der Waals surface area (Å²) in [5.41, 5.74) is 5.37. The minimum absolute atomic E-state index is 0.0616. The van der Waals surface area contributed by atoms with Crippen LogP contribution in [0.3, 0.4) is 0 Å². The Labute approximate surface area is 116 Å². The number of nitro groups is 1. The van der Waals surface area contributed by atoms with E-state index in [1.54, 1.807) is 0 Å². The second-order valence-corrected chi connectivity index (χ2v) is 5.31. The van der Waals surface area contributed by atoms with E-state index in [1.165, 1.54) is 0 Å². The average molecular weight is 278 g/mol. The monoisotopic (exact) mass is 278 g/mol. The van der Waals surface area contributed by atoms with Gasteiger partial charge in [0.05, 0.1) is 10.5 Å². The molecule has 0 radical (unpaired) electrons. The zero-order valence-electron chi connectivity index (χ0n) is 11.4. The first-order valence-corrected chi connectivity index (χ1v) is 6.65. The molecule has 0 spiro atoms. The molecular formula is C13H18N4O3. The zero-order valence-corrected chi connectivity index (χ0v) is 11.4. The number of pyridine rings is 1. The van der Waals surface area contributed by atoms with Crippen LogP contribution in [-0.4, -0.2) is 22.4 Å². The molecule has 0 saturated heterocycles. The summed E-state index contributed by atoms with van der Waals surface area (Å²) in [6, 6.07) is 1.16. The second kappa shape index (κ2) is 5.44.